The lowest BCUT2D eigenvalue weighted by atomic mass is 10.4. The highest BCUT2D eigenvalue weighted by molar-refractivity contribution is 7.45. The van der Waals surface area contributed by atoms with Crippen LogP contribution in [0.5, 0.6) is 0 Å². The molecule has 0 N–H and O–H groups in total. The van der Waals surface area contributed by atoms with Crippen molar-refractivity contribution in [1.29, 1.82) is 0 Å². The molecule has 0 nitrogen and oxygen atoms in total. The van der Waals surface area contributed by atoms with Crippen LogP contribution < -0.4 is 0 Å². The predicted molar refractivity (Wildman–Crippen MR) is 45.4 cm³/mol. The van der Waals surface area contributed by atoms with Crippen molar-refractivity contribution in [3.8, 4) is 0 Å². The quantitative estimate of drug-likeness (QED) is 0.331. The van der Waals surface area contributed by atoms with Crippen molar-refractivity contribution >= 4 is 28.9 Å². The fourth-order valence-electron chi connectivity index (χ4n) is 1.05. The third-order valence-electron chi connectivity index (χ3n) is 1.66. The Bertz CT molecular complexity index is 126. The van der Waals surface area contributed by atoms with Crippen LogP contribution in [-0.2, 0) is 0 Å². The van der Waals surface area contributed by atoms with Crippen molar-refractivity contribution in [3.05, 3.63) is 12.2 Å². The van der Waals surface area contributed by atoms with Gasteiger partial charge in [-0.15, -0.1) is 22.2 Å². The summed E-state index contributed by atoms with van der Waals surface area (Å²) in [5, 5.41) is 0. The topological polar surface area (TPSA) is 0 Å². The van der Waals surface area contributed by atoms with Gasteiger partial charge in [-0.05, 0) is 24.9 Å². The minimum Gasteiger partial charge on any atom is -0.146 e. The standard InChI is InChI=1S/C6H10Cl2Si/c1-9(7,8)6-4-2-3-5-6/h2,4,6H,3,5H2,1H3. The van der Waals surface area contributed by atoms with Gasteiger partial charge in [0, 0.05) is 0 Å². The minimum absolute atomic E-state index is 0.501. The first kappa shape index (κ1) is 7.64. The van der Waals surface area contributed by atoms with Crippen LogP contribution in [0.1, 0.15) is 12.8 Å². The monoisotopic (exact) mass is 180 g/mol. The average Bonchev–Trinajstić information content (AvgIpc) is 2.08. The van der Waals surface area contributed by atoms with E-state index in [2.05, 4.69) is 12.2 Å². The Morgan fingerprint density at radius 2 is 2.22 bits per heavy atom. The third-order valence-corrected chi connectivity index (χ3v) is 5.13. The van der Waals surface area contributed by atoms with E-state index < -0.39 is 6.69 Å². The molecule has 1 atom stereocenters. The molecule has 1 aliphatic carbocycles. The Morgan fingerprint density at radius 1 is 1.56 bits per heavy atom. The minimum atomic E-state index is -1.87. The first-order valence-electron chi connectivity index (χ1n) is 3.15. The molecule has 1 rings (SSSR count). The van der Waals surface area contributed by atoms with Crippen LogP contribution in [0.15, 0.2) is 12.2 Å². The highest BCUT2D eigenvalue weighted by Crippen LogP contribution is 2.38. The summed E-state index contributed by atoms with van der Waals surface area (Å²) in [6, 6.07) is 0. The van der Waals surface area contributed by atoms with E-state index in [4.69, 9.17) is 22.2 Å². The maximum absolute atomic E-state index is 5.99. The summed E-state index contributed by atoms with van der Waals surface area (Å²) >= 11 is 12.0. The summed E-state index contributed by atoms with van der Waals surface area (Å²) in [6.45, 7) is 0.116. The van der Waals surface area contributed by atoms with E-state index in [1.54, 1.807) is 0 Å². The zero-order valence-corrected chi connectivity index (χ0v) is 7.91. The van der Waals surface area contributed by atoms with Crippen LogP contribution in [0.4, 0.5) is 0 Å². The smallest absolute Gasteiger partial charge is 0.146 e. The molecule has 0 aromatic heterocycles. The lowest BCUT2D eigenvalue weighted by Crippen LogP contribution is -2.18. The molecular formula is C6H10Cl2Si. The van der Waals surface area contributed by atoms with Crippen LogP contribution in [0.25, 0.3) is 0 Å². The largest absolute Gasteiger partial charge is 0.255 e. The number of hydrogen-bond donors (Lipinski definition) is 0. The fraction of sp³-hybridized carbons (Fsp3) is 0.667. The van der Waals surface area contributed by atoms with E-state index >= 15 is 0 Å². The van der Waals surface area contributed by atoms with Crippen molar-refractivity contribution in [2.45, 2.75) is 24.9 Å². The molecule has 0 saturated heterocycles. The average molecular weight is 181 g/mol. The van der Waals surface area contributed by atoms with Crippen LogP contribution >= 0.6 is 22.2 Å². The summed E-state index contributed by atoms with van der Waals surface area (Å²) in [5.74, 6) is 0. The molecule has 9 heavy (non-hydrogen) atoms. The Labute approximate surface area is 66.3 Å². The molecule has 0 heterocycles. The first-order chi connectivity index (χ1) is 4.11. The molecule has 0 radical (unpaired) electrons. The van der Waals surface area contributed by atoms with E-state index in [0.29, 0.717) is 5.54 Å². The molecule has 0 aliphatic heterocycles. The maximum Gasteiger partial charge on any atom is 0.255 e. The van der Waals surface area contributed by atoms with Gasteiger partial charge in [0.1, 0.15) is 0 Å². The molecular weight excluding hydrogens is 171 g/mol. The number of rotatable bonds is 1. The number of hydrogen-bond acceptors (Lipinski definition) is 0. The summed E-state index contributed by atoms with van der Waals surface area (Å²) in [6.07, 6.45) is 6.65. The molecule has 0 saturated carbocycles. The van der Waals surface area contributed by atoms with Crippen LogP contribution in [0.2, 0.25) is 12.1 Å². The van der Waals surface area contributed by atoms with Gasteiger partial charge in [-0.3, -0.25) is 0 Å². The lowest BCUT2D eigenvalue weighted by molar-refractivity contribution is 0.911. The van der Waals surface area contributed by atoms with Gasteiger partial charge in [0.05, 0.1) is 0 Å². The van der Waals surface area contributed by atoms with Crippen LogP contribution in [-0.4, -0.2) is 6.69 Å². The molecule has 0 spiro atoms. The van der Waals surface area contributed by atoms with E-state index in [0.717, 1.165) is 12.8 Å². The normalized spacial score (nSPS) is 27.2. The van der Waals surface area contributed by atoms with Crippen molar-refractivity contribution in [1.82, 2.24) is 0 Å². The van der Waals surface area contributed by atoms with Gasteiger partial charge in [-0.2, -0.15) is 0 Å². The van der Waals surface area contributed by atoms with Crippen molar-refractivity contribution in [3.63, 3.8) is 0 Å². The highest BCUT2D eigenvalue weighted by atomic mass is 35.7. The molecule has 0 bridgehead atoms. The van der Waals surface area contributed by atoms with E-state index in [9.17, 15) is 0 Å². The Morgan fingerprint density at radius 3 is 2.44 bits per heavy atom. The second kappa shape index (κ2) is 2.65. The Hall–Kier alpha value is 0.537. The molecule has 0 aromatic carbocycles. The molecule has 0 amide bonds. The van der Waals surface area contributed by atoms with Gasteiger partial charge in [0.15, 0.2) is 0 Å². The van der Waals surface area contributed by atoms with E-state index in [-0.39, 0.29) is 0 Å². The van der Waals surface area contributed by atoms with Crippen LogP contribution in [0.3, 0.4) is 0 Å². The summed E-state index contributed by atoms with van der Waals surface area (Å²) in [4.78, 5) is 0. The van der Waals surface area contributed by atoms with Gasteiger partial charge < -0.3 is 0 Å². The molecule has 0 fully saturated rings. The van der Waals surface area contributed by atoms with Gasteiger partial charge in [-0.25, -0.2) is 0 Å². The summed E-state index contributed by atoms with van der Waals surface area (Å²) < 4.78 is 0. The zero-order chi connectivity index (χ0) is 6.91. The molecule has 1 unspecified atom stereocenters. The SMILES string of the molecule is C[Si](Cl)(Cl)C1C=CCC1. The summed E-state index contributed by atoms with van der Waals surface area (Å²) in [5.41, 5.74) is 0.501. The maximum atomic E-state index is 5.99. The van der Waals surface area contributed by atoms with Gasteiger partial charge in [-0.1, -0.05) is 12.2 Å². The zero-order valence-electron chi connectivity index (χ0n) is 5.40. The number of allylic oxidation sites excluding steroid dienone is 2. The van der Waals surface area contributed by atoms with Gasteiger partial charge in [0.2, 0.25) is 0 Å². The second-order valence-corrected chi connectivity index (χ2v) is 10.5. The molecule has 52 valence electrons. The van der Waals surface area contributed by atoms with Gasteiger partial charge >= 0.3 is 0 Å². The van der Waals surface area contributed by atoms with Gasteiger partial charge in [0.25, 0.3) is 6.69 Å². The third kappa shape index (κ3) is 1.99. The van der Waals surface area contributed by atoms with E-state index in [1.807, 2.05) is 6.55 Å². The molecule has 3 heteroatoms. The second-order valence-electron chi connectivity index (χ2n) is 2.57. The van der Waals surface area contributed by atoms with Crippen molar-refractivity contribution in [2.24, 2.45) is 0 Å². The Kier molecular flexibility index (Phi) is 2.25. The molecule has 0 aromatic rings. The van der Waals surface area contributed by atoms with E-state index in [1.165, 1.54) is 0 Å². The Balaban J connectivity index is 2.53. The lowest BCUT2D eigenvalue weighted by Gasteiger charge is -2.15. The van der Waals surface area contributed by atoms with Crippen molar-refractivity contribution < 1.29 is 0 Å². The molecule has 1 aliphatic rings. The van der Waals surface area contributed by atoms with Crippen LogP contribution in [0, 0.1) is 0 Å². The summed E-state index contributed by atoms with van der Waals surface area (Å²) in [7, 11) is 0. The van der Waals surface area contributed by atoms with Crippen molar-refractivity contribution in [2.75, 3.05) is 0 Å². The first-order valence-corrected chi connectivity index (χ1v) is 7.75. The predicted octanol–water partition coefficient (Wildman–Crippen LogP) is 3.26. The fourth-order valence-corrected chi connectivity index (χ4v) is 3.29. The highest BCUT2D eigenvalue weighted by Gasteiger charge is 2.32. The number of halogens is 2.